The number of nitrogens with zero attached hydrogens (tertiary/aromatic N) is 3. The molecule has 23 heavy (non-hydrogen) atoms. The van der Waals surface area contributed by atoms with E-state index in [1.54, 1.807) is 16.2 Å². The fourth-order valence-electron chi connectivity index (χ4n) is 2.67. The number of carbonyl (C=O) groups excluding carboxylic acids is 1. The predicted octanol–water partition coefficient (Wildman–Crippen LogP) is 1.33. The van der Waals surface area contributed by atoms with Crippen molar-refractivity contribution in [3.8, 4) is 0 Å². The van der Waals surface area contributed by atoms with Crippen molar-refractivity contribution in [1.82, 2.24) is 14.2 Å². The molecular formula is C15H19N3O3S2. The standard InChI is InChI=1S/C15H19N3O3S2/c1-23(20,21)18-10-8-17(9-11-18)15(19)7-6-14-16-12-4-2-3-5-13(12)22-14/h2-5H,6-11H2,1H3. The topological polar surface area (TPSA) is 70.6 Å². The molecule has 0 N–H and O–H groups in total. The lowest BCUT2D eigenvalue weighted by molar-refractivity contribution is -0.132. The van der Waals surface area contributed by atoms with Gasteiger partial charge in [-0.3, -0.25) is 4.79 Å². The molecule has 1 aromatic heterocycles. The van der Waals surface area contributed by atoms with Crippen LogP contribution < -0.4 is 0 Å². The zero-order valence-electron chi connectivity index (χ0n) is 12.9. The van der Waals surface area contributed by atoms with E-state index in [9.17, 15) is 13.2 Å². The second-order valence-electron chi connectivity index (χ2n) is 5.62. The van der Waals surface area contributed by atoms with Gasteiger partial charge in [-0.05, 0) is 12.1 Å². The van der Waals surface area contributed by atoms with Gasteiger partial charge in [0.1, 0.15) is 0 Å². The lowest BCUT2D eigenvalue weighted by Gasteiger charge is -2.33. The van der Waals surface area contributed by atoms with Gasteiger partial charge in [0.2, 0.25) is 15.9 Å². The summed E-state index contributed by atoms with van der Waals surface area (Å²) >= 11 is 1.62. The molecule has 1 aromatic carbocycles. The summed E-state index contributed by atoms with van der Waals surface area (Å²) in [6, 6.07) is 7.94. The number of fused-ring (bicyclic) bond motifs is 1. The minimum atomic E-state index is -3.16. The summed E-state index contributed by atoms with van der Waals surface area (Å²) in [5.41, 5.74) is 0.974. The Kier molecular flexibility index (Phi) is 4.65. The van der Waals surface area contributed by atoms with Gasteiger partial charge in [-0.1, -0.05) is 12.1 Å². The molecule has 3 rings (SSSR count). The summed E-state index contributed by atoms with van der Waals surface area (Å²) < 4.78 is 25.5. The van der Waals surface area contributed by atoms with Crippen molar-refractivity contribution in [3.63, 3.8) is 0 Å². The zero-order valence-corrected chi connectivity index (χ0v) is 14.6. The number of thiazole rings is 1. The Morgan fingerprint density at radius 2 is 1.91 bits per heavy atom. The molecule has 1 saturated heterocycles. The first-order valence-corrected chi connectivity index (χ1v) is 10.2. The number of aromatic nitrogens is 1. The lowest BCUT2D eigenvalue weighted by Crippen LogP contribution is -2.50. The average Bonchev–Trinajstić information content (AvgIpc) is 2.95. The normalized spacial score (nSPS) is 16.8. The number of carbonyl (C=O) groups is 1. The molecule has 0 atom stereocenters. The van der Waals surface area contributed by atoms with Crippen molar-refractivity contribution in [3.05, 3.63) is 29.3 Å². The third kappa shape index (κ3) is 3.88. The van der Waals surface area contributed by atoms with Crippen LogP contribution in [0.25, 0.3) is 10.2 Å². The highest BCUT2D eigenvalue weighted by Gasteiger charge is 2.25. The van der Waals surface area contributed by atoms with E-state index in [1.807, 2.05) is 24.3 Å². The Morgan fingerprint density at radius 1 is 1.22 bits per heavy atom. The van der Waals surface area contributed by atoms with E-state index >= 15 is 0 Å². The summed E-state index contributed by atoms with van der Waals surface area (Å²) in [7, 11) is -3.16. The van der Waals surface area contributed by atoms with Crippen molar-refractivity contribution in [2.75, 3.05) is 32.4 Å². The summed E-state index contributed by atoms with van der Waals surface area (Å²) in [5, 5.41) is 0.967. The van der Waals surface area contributed by atoms with Gasteiger partial charge < -0.3 is 4.90 Å². The number of hydrogen-bond donors (Lipinski definition) is 0. The quantitative estimate of drug-likeness (QED) is 0.831. The first-order chi connectivity index (χ1) is 10.9. The minimum Gasteiger partial charge on any atom is -0.340 e. The van der Waals surface area contributed by atoms with Crippen LogP contribution in [-0.2, 0) is 21.2 Å². The molecule has 0 radical (unpaired) electrons. The SMILES string of the molecule is CS(=O)(=O)N1CCN(C(=O)CCc2nc3ccccc3s2)CC1. The van der Waals surface area contributed by atoms with E-state index in [2.05, 4.69) is 4.98 Å². The van der Waals surface area contributed by atoms with Crippen molar-refractivity contribution >= 4 is 37.5 Å². The molecule has 2 heterocycles. The number of aryl methyl sites for hydroxylation is 1. The van der Waals surface area contributed by atoms with Gasteiger partial charge >= 0.3 is 0 Å². The van der Waals surface area contributed by atoms with Crippen LogP contribution in [0.4, 0.5) is 0 Å². The van der Waals surface area contributed by atoms with Crippen LogP contribution in [-0.4, -0.2) is 60.9 Å². The predicted molar refractivity (Wildman–Crippen MR) is 90.9 cm³/mol. The number of benzene rings is 1. The second-order valence-corrected chi connectivity index (χ2v) is 8.72. The molecule has 1 fully saturated rings. The van der Waals surface area contributed by atoms with Crippen LogP contribution >= 0.6 is 11.3 Å². The third-order valence-electron chi connectivity index (χ3n) is 3.95. The van der Waals surface area contributed by atoms with Gasteiger partial charge in [0.05, 0.1) is 21.5 Å². The van der Waals surface area contributed by atoms with Gasteiger partial charge in [0.15, 0.2) is 0 Å². The van der Waals surface area contributed by atoms with Crippen LogP contribution in [0, 0.1) is 0 Å². The van der Waals surface area contributed by atoms with Crippen molar-refractivity contribution in [2.24, 2.45) is 0 Å². The number of sulfonamides is 1. The molecule has 1 amide bonds. The highest BCUT2D eigenvalue weighted by Crippen LogP contribution is 2.22. The van der Waals surface area contributed by atoms with Gasteiger partial charge in [-0.15, -0.1) is 11.3 Å². The highest BCUT2D eigenvalue weighted by molar-refractivity contribution is 7.88. The molecule has 6 nitrogen and oxygen atoms in total. The van der Waals surface area contributed by atoms with Gasteiger partial charge in [-0.25, -0.2) is 13.4 Å². The number of piperazine rings is 1. The molecule has 0 saturated carbocycles. The molecule has 124 valence electrons. The Labute approximate surface area is 139 Å². The van der Waals surface area contributed by atoms with Gasteiger partial charge in [-0.2, -0.15) is 4.31 Å². The number of para-hydroxylation sites is 1. The van der Waals surface area contributed by atoms with E-state index in [1.165, 1.54) is 10.6 Å². The first kappa shape index (κ1) is 16.4. The van der Waals surface area contributed by atoms with E-state index < -0.39 is 10.0 Å². The van der Waals surface area contributed by atoms with E-state index in [0.29, 0.717) is 39.0 Å². The zero-order chi connectivity index (χ0) is 16.4. The maximum Gasteiger partial charge on any atom is 0.223 e. The molecule has 0 bridgehead atoms. The monoisotopic (exact) mass is 353 g/mol. The maximum absolute atomic E-state index is 12.3. The minimum absolute atomic E-state index is 0.0670. The highest BCUT2D eigenvalue weighted by atomic mass is 32.2. The molecule has 1 aliphatic heterocycles. The van der Waals surface area contributed by atoms with Crippen molar-refractivity contribution < 1.29 is 13.2 Å². The van der Waals surface area contributed by atoms with Crippen LogP contribution in [0.3, 0.4) is 0 Å². The molecular weight excluding hydrogens is 334 g/mol. The fraction of sp³-hybridized carbons (Fsp3) is 0.467. The number of rotatable bonds is 4. The molecule has 8 heteroatoms. The van der Waals surface area contributed by atoms with Crippen LogP contribution in [0.5, 0.6) is 0 Å². The Balaban J connectivity index is 1.54. The molecule has 0 unspecified atom stereocenters. The Bertz CT molecular complexity index is 775. The van der Waals surface area contributed by atoms with E-state index in [4.69, 9.17) is 0 Å². The summed E-state index contributed by atoms with van der Waals surface area (Å²) in [4.78, 5) is 18.6. The largest absolute Gasteiger partial charge is 0.340 e. The van der Waals surface area contributed by atoms with Gasteiger partial charge in [0.25, 0.3) is 0 Å². The maximum atomic E-state index is 12.3. The Hall–Kier alpha value is -1.51. The van der Waals surface area contributed by atoms with E-state index in [-0.39, 0.29) is 5.91 Å². The van der Waals surface area contributed by atoms with E-state index in [0.717, 1.165) is 15.2 Å². The Morgan fingerprint density at radius 3 is 2.57 bits per heavy atom. The smallest absolute Gasteiger partial charge is 0.223 e. The van der Waals surface area contributed by atoms with Crippen molar-refractivity contribution in [1.29, 1.82) is 0 Å². The first-order valence-electron chi connectivity index (χ1n) is 7.51. The third-order valence-corrected chi connectivity index (χ3v) is 6.35. The van der Waals surface area contributed by atoms with Crippen LogP contribution in [0.15, 0.2) is 24.3 Å². The average molecular weight is 353 g/mol. The van der Waals surface area contributed by atoms with Crippen molar-refractivity contribution in [2.45, 2.75) is 12.8 Å². The molecule has 0 spiro atoms. The molecule has 2 aromatic rings. The number of amides is 1. The lowest BCUT2D eigenvalue weighted by atomic mass is 10.2. The van der Waals surface area contributed by atoms with Crippen LogP contribution in [0.1, 0.15) is 11.4 Å². The van der Waals surface area contributed by atoms with Crippen LogP contribution in [0.2, 0.25) is 0 Å². The number of hydrogen-bond acceptors (Lipinski definition) is 5. The summed E-state index contributed by atoms with van der Waals surface area (Å²) in [5.74, 6) is 0.0670. The molecule has 0 aliphatic carbocycles. The summed E-state index contributed by atoms with van der Waals surface area (Å²) in [6.07, 6.45) is 2.25. The van der Waals surface area contributed by atoms with Gasteiger partial charge in [0, 0.05) is 39.0 Å². The molecule has 1 aliphatic rings. The second kappa shape index (κ2) is 6.54. The fourth-order valence-corrected chi connectivity index (χ4v) is 4.46. The summed E-state index contributed by atoms with van der Waals surface area (Å²) in [6.45, 7) is 1.69.